The molecule has 3 rings (SSSR count). The number of halogens is 1. The van der Waals surface area contributed by atoms with Crippen LogP contribution >= 0.6 is 11.6 Å². The molecule has 0 spiro atoms. The SMILES string of the molecule is Nc1ccnc(C(=O)N2CCn3c(n[nH]c3=O)C2)c1Cl. The molecule has 1 aliphatic rings. The van der Waals surface area contributed by atoms with Gasteiger partial charge in [0.2, 0.25) is 0 Å². The molecular formula is C11H11ClN6O2. The highest BCUT2D eigenvalue weighted by molar-refractivity contribution is 6.35. The van der Waals surface area contributed by atoms with E-state index in [9.17, 15) is 9.59 Å². The first-order chi connectivity index (χ1) is 9.58. The number of carbonyl (C=O) groups is 1. The van der Waals surface area contributed by atoms with Crippen molar-refractivity contribution in [3.63, 3.8) is 0 Å². The molecule has 2 aromatic rings. The van der Waals surface area contributed by atoms with Crippen LogP contribution in [0.15, 0.2) is 17.1 Å². The summed E-state index contributed by atoms with van der Waals surface area (Å²) in [6.45, 7) is 0.999. The Bertz CT molecular complexity index is 737. The highest BCUT2D eigenvalue weighted by atomic mass is 35.5. The molecule has 104 valence electrons. The second-order valence-electron chi connectivity index (χ2n) is 4.39. The minimum absolute atomic E-state index is 0.109. The molecule has 1 aliphatic heterocycles. The van der Waals surface area contributed by atoms with Crippen molar-refractivity contribution >= 4 is 23.2 Å². The van der Waals surface area contributed by atoms with Crippen molar-refractivity contribution in [2.45, 2.75) is 13.1 Å². The van der Waals surface area contributed by atoms with Gasteiger partial charge >= 0.3 is 5.69 Å². The Hall–Kier alpha value is -2.35. The van der Waals surface area contributed by atoms with Crippen LogP contribution in [0.1, 0.15) is 16.3 Å². The molecule has 0 atom stereocenters. The molecule has 0 unspecified atom stereocenters. The van der Waals surface area contributed by atoms with Gasteiger partial charge in [-0.25, -0.2) is 14.9 Å². The van der Waals surface area contributed by atoms with Gasteiger partial charge in [0, 0.05) is 19.3 Å². The van der Waals surface area contributed by atoms with Gasteiger partial charge in [-0.2, -0.15) is 5.10 Å². The van der Waals surface area contributed by atoms with E-state index in [-0.39, 0.29) is 28.9 Å². The molecule has 20 heavy (non-hydrogen) atoms. The quantitative estimate of drug-likeness (QED) is 0.760. The lowest BCUT2D eigenvalue weighted by atomic mass is 10.2. The van der Waals surface area contributed by atoms with Gasteiger partial charge in [0.05, 0.1) is 17.3 Å². The summed E-state index contributed by atoms with van der Waals surface area (Å²) in [6, 6.07) is 1.53. The molecule has 0 bridgehead atoms. The minimum Gasteiger partial charge on any atom is -0.397 e. The predicted molar refractivity (Wildman–Crippen MR) is 71.2 cm³/mol. The number of amides is 1. The third kappa shape index (κ3) is 1.94. The van der Waals surface area contributed by atoms with E-state index in [1.54, 1.807) is 0 Å². The fraction of sp³-hybridized carbons (Fsp3) is 0.273. The van der Waals surface area contributed by atoms with Crippen molar-refractivity contribution in [1.29, 1.82) is 0 Å². The van der Waals surface area contributed by atoms with Crippen LogP contribution in [0.4, 0.5) is 5.69 Å². The number of aromatic amines is 1. The number of hydrogen-bond donors (Lipinski definition) is 2. The number of hydrogen-bond acceptors (Lipinski definition) is 5. The fourth-order valence-corrected chi connectivity index (χ4v) is 2.30. The van der Waals surface area contributed by atoms with Gasteiger partial charge in [0.15, 0.2) is 5.82 Å². The van der Waals surface area contributed by atoms with Crippen molar-refractivity contribution in [3.05, 3.63) is 39.3 Å². The number of aromatic nitrogens is 4. The van der Waals surface area contributed by atoms with Crippen molar-refractivity contribution < 1.29 is 4.79 Å². The Morgan fingerprint density at radius 1 is 1.45 bits per heavy atom. The van der Waals surface area contributed by atoms with Crippen LogP contribution in [0.3, 0.4) is 0 Å². The second kappa shape index (κ2) is 4.64. The molecule has 0 fully saturated rings. The maximum Gasteiger partial charge on any atom is 0.343 e. The maximum absolute atomic E-state index is 12.4. The van der Waals surface area contributed by atoms with Crippen molar-refractivity contribution in [2.75, 3.05) is 12.3 Å². The Kier molecular flexibility index (Phi) is 2.94. The molecule has 2 aromatic heterocycles. The van der Waals surface area contributed by atoms with Crippen molar-refractivity contribution in [2.24, 2.45) is 0 Å². The van der Waals surface area contributed by atoms with Gasteiger partial charge in [-0.15, -0.1) is 0 Å². The average molecular weight is 295 g/mol. The number of anilines is 1. The number of rotatable bonds is 1. The van der Waals surface area contributed by atoms with Gasteiger partial charge in [0.1, 0.15) is 5.69 Å². The average Bonchev–Trinajstić information content (AvgIpc) is 2.82. The van der Waals surface area contributed by atoms with Crippen molar-refractivity contribution in [3.8, 4) is 0 Å². The van der Waals surface area contributed by atoms with E-state index in [1.807, 2.05) is 0 Å². The molecule has 0 radical (unpaired) electrons. The normalized spacial score (nSPS) is 14.2. The molecule has 0 aliphatic carbocycles. The van der Waals surface area contributed by atoms with Crippen LogP contribution < -0.4 is 11.4 Å². The maximum atomic E-state index is 12.4. The monoisotopic (exact) mass is 294 g/mol. The Morgan fingerprint density at radius 2 is 2.25 bits per heavy atom. The Labute approximate surface area is 118 Å². The number of H-pyrrole nitrogens is 1. The molecule has 9 heteroatoms. The van der Waals surface area contributed by atoms with Gasteiger partial charge in [-0.05, 0) is 6.07 Å². The first-order valence-electron chi connectivity index (χ1n) is 5.91. The number of fused-ring (bicyclic) bond motifs is 1. The summed E-state index contributed by atoms with van der Waals surface area (Å²) in [7, 11) is 0. The smallest absolute Gasteiger partial charge is 0.343 e. The largest absolute Gasteiger partial charge is 0.397 e. The van der Waals surface area contributed by atoms with Crippen LogP contribution in [-0.2, 0) is 13.1 Å². The van der Waals surface area contributed by atoms with E-state index < -0.39 is 0 Å². The van der Waals surface area contributed by atoms with E-state index in [1.165, 1.54) is 21.7 Å². The molecular weight excluding hydrogens is 284 g/mol. The Morgan fingerprint density at radius 3 is 3.05 bits per heavy atom. The zero-order chi connectivity index (χ0) is 14.3. The number of nitrogens with two attached hydrogens (primary N) is 1. The van der Waals surface area contributed by atoms with Crippen LogP contribution in [-0.4, -0.2) is 37.1 Å². The molecule has 1 amide bonds. The fourth-order valence-electron chi connectivity index (χ4n) is 2.10. The highest BCUT2D eigenvalue weighted by Crippen LogP contribution is 2.23. The van der Waals surface area contributed by atoms with Crippen LogP contribution in [0.25, 0.3) is 0 Å². The third-order valence-electron chi connectivity index (χ3n) is 3.17. The van der Waals surface area contributed by atoms with Gasteiger partial charge < -0.3 is 10.6 Å². The lowest BCUT2D eigenvalue weighted by molar-refractivity contribution is 0.0700. The first-order valence-corrected chi connectivity index (χ1v) is 6.29. The number of nitrogens with one attached hydrogen (secondary N) is 1. The summed E-state index contributed by atoms with van der Waals surface area (Å²) in [5.41, 5.74) is 5.80. The summed E-state index contributed by atoms with van der Waals surface area (Å²) in [5, 5.41) is 6.37. The van der Waals surface area contributed by atoms with Crippen molar-refractivity contribution in [1.82, 2.24) is 24.6 Å². The topological polar surface area (TPSA) is 110 Å². The van der Waals surface area contributed by atoms with E-state index in [0.717, 1.165) is 0 Å². The van der Waals surface area contributed by atoms with E-state index in [2.05, 4.69) is 15.2 Å². The minimum atomic E-state index is -0.330. The summed E-state index contributed by atoms with van der Waals surface area (Å²) >= 11 is 6.00. The predicted octanol–water partition coefficient (Wildman–Crippen LogP) is -0.142. The third-order valence-corrected chi connectivity index (χ3v) is 3.57. The molecule has 0 saturated carbocycles. The molecule has 3 N–H and O–H groups in total. The highest BCUT2D eigenvalue weighted by Gasteiger charge is 2.26. The van der Waals surface area contributed by atoms with E-state index >= 15 is 0 Å². The zero-order valence-electron chi connectivity index (χ0n) is 10.3. The summed E-state index contributed by atoms with van der Waals surface area (Å²) in [5.74, 6) is 0.179. The first kappa shape index (κ1) is 12.7. The second-order valence-corrected chi connectivity index (χ2v) is 4.76. The lowest BCUT2D eigenvalue weighted by Gasteiger charge is -2.26. The number of nitrogen functional groups attached to an aromatic ring is 1. The molecule has 8 nitrogen and oxygen atoms in total. The van der Waals surface area contributed by atoms with Gasteiger partial charge in [-0.3, -0.25) is 9.36 Å². The Balaban J connectivity index is 1.89. The van der Waals surface area contributed by atoms with Crippen LogP contribution in [0.2, 0.25) is 5.02 Å². The van der Waals surface area contributed by atoms with E-state index in [0.29, 0.717) is 24.6 Å². The number of carbonyl (C=O) groups excluding carboxylic acids is 1. The molecule has 0 saturated heterocycles. The summed E-state index contributed by atoms with van der Waals surface area (Å²) in [4.78, 5) is 29.3. The van der Waals surface area contributed by atoms with Gasteiger partial charge in [0.25, 0.3) is 5.91 Å². The molecule has 0 aromatic carbocycles. The standard InChI is InChI=1S/C11H11ClN6O2/c12-8-6(13)1-2-14-9(8)10(19)17-3-4-18-7(5-17)15-16-11(18)20/h1-2H,3-5H2,(H2,13,14)(H,16,20). The van der Waals surface area contributed by atoms with Crippen LogP contribution in [0.5, 0.6) is 0 Å². The number of pyridine rings is 1. The summed E-state index contributed by atoms with van der Waals surface area (Å²) in [6.07, 6.45) is 1.43. The molecule has 3 heterocycles. The summed E-state index contributed by atoms with van der Waals surface area (Å²) < 4.78 is 1.50. The zero-order valence-corrected chi connectivity index (χ0v) is 11.1. The van der Waals surface area contributed by atoms with Crippen LogP contribution in [0, 0.1) is 0 Å². The lowest BCUT2D eigenvalue weighted by Crippen LogP contribution is -2.41. The van der Waals surface area contributed by atoms with Gasteiger partial charge in [-0.1, -0.05) is 11.6 Å². The number of nitrogens with zero attached hydrogens (tertiary/aromatic N) is 4. The van der Waals surface area contributed by atoms with E-state index in [4.69, 9.17) is 17.3 Å².